The number of aliphatic hydroxyl groups excluding tert-OH is 1. The predicted octanol–water partition coefficient (Wildman–Crippen LogP) is 4.96. The number of hydrogen-bond acceptors (Lipinski definition) is 4. The van der Waals surface area contributed by atoms with Crippen LogP contribution in [0.5, 0.6) is 0 Å². The lowest BCUT2D eigenvalue weighted by Gasteiger charge is -2.24. The Morgan fingerprint density at radius 1 is 1.07 bits per heavy atom. The summed E-state index contributed by atoms with van der Waals surface area (Å²) in [4.78, 5) is 27.6. The maximum Gasteiger partial charge on any atom is 0.300 e. The van der Waals surface area contributed by atoms with Crippen molar-refractivity contribution in [3.63, 3.8) is 0 Å². The van der Waals surface area contributed by atoms with Crippen molar-refractivity contribution in [2.75, 3.05) is 4.90 Å². The molecule has 0 aliphatic carbocycles. The molecule has 1 fully saturated rings. The number of rotatable bonds is 3. The van der Waals surface area contributed by atoms with Crippen LogP contribution in [0, 0.1) is 18.6 Å². The molecule has 1 aliphatic rings. The van der Waals surface area contributed by atoms with Crippen LogP contribution in [0.2, 0.25) is 0 Å². The molecule has 7 heteroatoms. The number of amides is 1. The highest BCUT2D eigenvalue weighted by Gasteiger charge is 2.47. The number of nitrogens with zero attached hydrogens (tertiary/aromatic N) is 1. The normalized spacial score (nSPS) is 18.4. The average Bonchev–Trinajstić information content (AvgIpc) is 3.32. The first kappa shape index (κ1) is 19.0. The molecule has 2 aromatic carbocycles. The molecule has 1 amide bonds. The summed E-state index contributed by atoms with van der Waals surface area (Å²) in [6.45, 7) is 1.54. The number of aliphatic hydroxyl groups is 1. The van der Waals surface area contributed by atoms with Gasteiger partial charge in [-0.2, -0.15) is 0 Å². The van der Waals surface area contributed by atoms with Crippen molar-refractivity contribution in [3.8, 4) is 0 Å². The van der Waals surface area contributed by atoms with Gasteiger partial charge in [0, 0.05) is 16.1 Å². The van der Waals surface area contributed by atoms with E-state index in [1.165, 1.54) is 58.7 Å². The van der Waals surface area contributed by atoms with Crippen LogP contribution < -0.4 is 4.90 Å². The molecule has 1 N–H and O–H groups in total. The molecule has 1 aliphatic heterocycles. The highest BCUT2D eigenvalue weighted by molar-refractivity contribution is 7.10. The van der Waals surface area contributed by atoms with Gasteiger partial charge < -0.3 is 5.11 Å². The first-order chi connectivity index (χ1) is 13.9. The Balaban J connectivity index is 1.92. The van der Waals surface area contributed by atoms with Crippen molar-refractivity contribution in [1.29, 1.82) is 0 Å². The van der Waals surface area contributed by atoms with Crippen LogP contribution in [0.1, 0.15) is 22.0 Å². The van der Waals surface area contributed by atoms with E-state index in [0.29, 0.717) is 16.1 Å². The molecule has 1 aromatic heterocycles. The van der Waals surface area contributed by atoms with Gasteiger partial charge in [0.15, 0.2) is 0 Å². The van der Waals surface area contributed by atoms with Crippen LogP contribution in [-0.4, -0.2) is 16.8 Å². The van der Waals surface area contributed by atoms with Gasteiger partial charge in [-0.3, -0.25) is 14.5 Å². The van der Waals surface area contributed by atoms with E-state index in [0.717, 1.165) is 0 Å². The fourth-order valence-corrected chi connectivity index (χ4v) is 4.19. The standard InChI is InChI=1S/C22H15F2NO3S/c1-12-11-13(4-9-16(12)24)20(26)18-19(17-3-2-10-29-17)25(22(28)21(18)27)15-7-5-14(23)6-8-15/h2-11,19,26H,1H3/b20-18-. The van der Waals surface area contributed by atoms with Gasteiger partial charge in [0.1, 0.15) is 23.4 Å². The number of carbonyl (C=O) groups excluding carboxylic acids is 2. The number of Topliss-reactive ketones (excluding diaryl/α,β-unsaturated/α-hetero) is 1. The van der Waals surface area contributed by atoms with E-state index in [9.17, 15) is 23.5 Å². The zero-order valence-corrected chi connectivity index (χ0v) is 16.0. The summed E-state index contributed by atoms with van der Waals surface area (Å²) in [5.41, 5.74) is 0.783. The Kier molecular flexibility index (Phi) is 4.76. The van der Waals surface area contributed by atoms with Gasteiger partial charge in [0.2, 0.25) is 0 Å². The Labute approximate surface area is 169 Å². The van der Waals surface area contributed by atoms with E-state index in [2.05, 4.69) is 0 Å². The molecule has 1 saturated heterocycles. The highest BCUT2D eigenvalue weighted by Crippen LogP contribution is 2.43. The van der Waals surface area contributed by atoms with Crippen LogP contribution in [0.25, 0.3) is 5.76 Å². The number of halogens is 2. The molecule has 4 nitrogen and oxygen atoms in total. The Morgan fingerprint density at radius 2 is 1.79 bits per heavy atom. The highest BCUT2D eigenvalue weighted by atomic mass is 32.1. The van der Waals surface area contributed by atoms with E-state index in [-0.39, 0.29) is 16.9 Å². The summed E-state index contributed by atoms with van der Waals surface area (Å²) in [7, 11) is 0. The minimum Gasteiger partial charge on any atom is -0.507 e. The van der Waals surface area contributed by atoms with E-state index in [4.69, 9.17) is 0 Å². The summed E-state index contributed by atoms with van der Waals surface area (Å²) in [5.74, 6) is -2.97. The average molecular weight is 411 g/mol. The molecule has 0 saturated carbocycles. The van der Waals surface area contributed by atoms with Gasteiger partial charge in [-0.05, 0) is 66.4 Å². The summed E-state index contributed by atoms with van der Waals surface area (Å²) < 4.78 is 27.0. The summed E-state index contributed by atoms with van der Waals surface area (Å²) in [6, 6.07) is 11.8. The first-order valence-corrected chi connectivity index (χ1v) is 9.63. The lowest BCUT2D eigenvalue weighted by molar-refractivity contribution is -0.132. The summed E-state index contributed by atoms with van der Waals surface area (Å²) in [5, 5.41) is 12.7. The molecule has 1 atom stereocenters. The van der Waals surface area contributed by atoms with Crippen LogP contribution in [0.15, 0.2) is 65.6 Å². The predicted molar refractivity (Wildman–Crippen MR) is 107 cm³/mol. The number of ketones is 1. The molecular formula is C22H15F2NO3S. The van der Waals surface area contributed by atoms with E-state index in [1.54, 1.807) is 24.4 Å². The zero-order valence-electron chi connectivity index (χ0n) is 15.2. The van der Waals surface area contributed by atoms with Crippen LogP contribution in [0.4, 0.5) is 14.5 Å². The van der Waals surface area contributed by atoms with Gasteiger partial charge >= 0.3 is 0 Å². The maximum atomic E-state index is 13.6. The molecule has 29 heavy (non-hydrogen) atoms. The minimum atomic E-state index is -0.870. The second-order valence-electron chi connectivity index (χ2n) is 6.62. The van der Waals surface area contributed by atoms with Crippen LogP contribution >= 0.6 is 11.3 Å². The number of thiophene rings is 1. The number of aryl methyl sites for hydroxylation is 1. The van der Waals surface area contributed by atoms with Gasteiger partial charge in [0.25, 0.3) is 11.7 Å². The third kappa shape index (κ3) is 3.23. The first-order valence-electron chi connectivity index (χ1n) is 8.75. The SMILES string of the molecule is Cc1cc(/C(O)=C2/C(=O)C(=O)N(c3ccc(F)cc3)C2c2cccs2)ccc1F. The lowest BCUT2D eigenvalue weighted by Crippen LogP contribution is -2.29. The van der Waals surface area contributed by atoms with Gasteiger partial charge in [-0.15, -0.1) is 11.3 Å². The molecule has 0 spiro atoms. The maximum absolute atomic E-state index is 13.6. The van der Waals surface area contributed by atoms with Gasteiger partial charge in [0.05, 0.1) is 5.57 Å². The third-order valence-corrected chi connectivity index (χ3v) is 5.72. The number of anilines is 1. The van der Waals surface area contributed by atoms with Gasteiger partial charge in [-0.25, -0.2) is 8.78 Å². The molecule has 2 heterocycles. The Bertz CT molecular complexity index is 1140. The van der Waals surface area contributed by atoms with Crippen molar-refractivity contribution in [3.05, 3.63) is 93.2 Å². The molecule has 1 unspecified atom stereocenters. The fraction of sp³-hybridized carbons (Fsp3) is 0.0909. The minimum absolute atomic E-state index is 0.0900. The van der Waals surface area contributed by atoms with Gasteiger partial charge in [-0.1, -0.05) is 6.07 Å². The van der Waals surface area contributed by atoms with Crippen molar-refractivity contribution < 1.29 is 23.5 Å². The molecule has 0 bridgehead atoms. The largest absolute Gasteiger partial charge is 0.507 e. The Morgan fingerprint density at radius 3 is 2.41 bits per heavy atom. The number of hydrogen-bond donors (Lipinski definition) is 1. The molecule has 4 rings (SSSR count). The monoisotopic (exact) mass is 411 g/mol. The molecule has 0 radical (unpaired) electrons. The fourth-order valence-electron chi connectivity index (χ4n) is 3.36. The van der Waals surface area contributed by atoms with Crippen molar-refractivity contribution >= 4 is 34.5 Å². The summed E-state index contributed by atoms with van der Waals surface area (Å²) >= 11 is 1.32. The lowest BCUT2D eigenvalue weighted by atomic mass is 9.99. The van der Waals surface area contributed by atoms with Crippen LogP contribution in [-0.2, 0) is 9.59 Å². The Hall–Kier alpha value is -3.32. The quantitative estimate of drug-likeness (QED) is 0.376. The second kappa shape index (κ2) is 7.25. The number of carbonyl (C=O) groups is 2. The molecule has 3 aromatic rings. The van der Waals surface area contributed by atoms with E-state index < -0.39 is 29.4 Å². The topological polar surface area (TPSA) is 57.6 Å². The van der Waals surface area contributed by atoms with Crippen molar-refractivity contribution in [2.45, 2.75) is 13.0 Å². The van der Waals surface area contributed by atoms with Crippen molar-refractivity contribution in [1.82, 2.24) is 0 Å². The second-order valence-corrected chi connectivity index (χ2v) is 7.60. The van der Waals surface area contributed by atoms with Crippen LogP contribution in [0.3, 0.4) is 0 Å². The van der Waals surface area contributed by atoms with Crippen molar-refractivity contribution in [2.24, 2.45) is 0 Å². The molecular weight excluding hydrogens is 396 g/mol. The van der Waals surface area contributed by atoms with E-state index >= 15 is 0 Å². The van der Waals surface area contributed by atoms with E-state index in [1.807, 2.05) is 0 Å². The number of benzene rings is 2. The molecule has 146 valence electrons. The summed E-state index contributed by atoms with van der Waals surface area (Å²) in [6.07, 6.45) is 0. The third-order valence-electron chi connectivity index (χ3n) is 4.79. The smallest absolute Gasteiger partial charge is 0.300 e. The zero-order chi connectivity index (χ0) is 20.7.